The molecule has 5 heterocycles. The average Bonchev–Trinajstić information content (AvgIpc) is 3.62. The lowest BCUT2D eigenvalue weighted by Crippen LogP contribution is -2.60. The van der Waals surface area contributed by atoms with E-state index >= 15 is 0 Å². The molecule has 4 atom stereocenters. The van der Waals surface area contributed by atoms with Gasteiger partial charge in [-0.2, -0.15) is 0 Å². The van der Waals surface area contributed by atoms with Gasteiger partial charge in [0.05, 0.1) is 36.0 Å². The summed E-state index contributed by atoms with van der Waals surface area (Å²) in [6.45, 7) is 19.4. The highest BCUT2D eigenvalue weighted by atomic mass is 19.3. The number of rotatable bonds is 16. The van der Waals surface area contributed by atoms with E-state index in [9.17, 15) is 33.1 Å². The minimum atomic E-state index is -2.87. The molecule has 15 nitrogen and oxygen atoms in total. The minimum Gasteiger partial charge on any atom is -0.480 e. The zero-order valence-electron chi connectivity index (χ0n) is 42.2. The zero-order chi connectivity index (χ0) is 50.7. The van der Waals surface area contributed by atoms with Crippen molar-refractivity contribution in [2.45, 2.75) is 143 Å². The van der Waals surface area contributed by atoms with Crippen molar-refractivity contribution < 1.29 is 47.3 Å². The van der Waals surface area contributed by atoms with Crippen molar-refractivity contribution in [3.05, 3.63) is 71.0 Å². The number of fused-ring (bicyclic) bond motifs is 2. The number of nitrogens with zero attached hydrogens (tertiary/aromatic N) is 5. The summed E-state index contributed by atoms with van der Waals surface area (Å²) in [5, 5.41) is 14.4. The number of hydrazine groups is 1. The molecule has 0 bridgehead atoms. The number of alkyl halides is 2. The predicted molar refractivity (Wildman–Crippen MR) is 265 cm³/mol. The number of ether oxygens (including phenoxy) is 3. The Kier molecular flexibility index (Phi) is 16.2. The molecular weight excluding hydrogens is 901 g/mol. The van der Waals surface area contributed by atoms with Crippen LogP contribution in [0.3, 0.4) is 0 Å². The quantitative estimate of drug-likeness (QED) is 0.0915. The number of carboxylic acids is 1. The molecule has 7 rings (SSSR count). The van der Waals surface area contributed by atoms with Crippen LogP contribution in [0.5, 0.6) is 0 Å². The molecule has 2 aromatic heterocycles. The van der Waals surface area contributed by atoms with Gasteiger partial charge >= 0.3 is 18.0 Å². The standard InChI is InChI=1S/C53H71F2N7O8/c1-10-61-45-17-16-35(36-22-34(23-37(25-36)48(54)55)24-44(57-51(67)70-52(4,5)6)49(64)62-19-13-15-43(58-62)50(65)66)26-40(45)42(28-53(7,8)31-69-33(3)63)47(61)41-27-39(29-56-46(41)32(2)68-9)60-21-20-59-18-12-11-14-38(59)30-60/h16-17,22-23,25-27,29,32,38,43-44,48,58H,10-15,18-21,24,28,30-31H2,1-9H3,(H,57,67)(H,65,66)/t32-,38+,43-,44-/m0/s1. The fourth-order valence-corrected chi connectivity index (χ4v) is 10.2. The Bertz CT molecular complexity index is 2560. The van der Waals surface area contributed by atoms with E-state index in [1.807, 2.05) is 31.3 Å². The molecular formula is C53H71F2N7O8. The van der Waals surface area contributed by atoms with Gasteiger partial charge in [-0.1, -0.05) is 38.5 Å². The molecule has 2 amide bonds. The molecule has 2 aromatic carbocycles. The van der Waals surface area contributed by atoms with E-state index in [1.54, 1.807) is 33.9 Å². The highest BCUT2D eigenvalue weighted by Gasteiger charge is 2.35. The molecule has 70 heavy (non-hydrogen) atoms. The number of hydrogen-bond donors (Lipinski definition) is 3. The lowest BCUT2D eigenvalue weighted by molar-refractivity contribution is -0.148. The number of esters is 1. The first-order chi connectivity index (χ1) is 33.1. The zero-order valence-corrected chi connectivity index (χ0v) is 42.2. The summed E-state index contributed by atoms with van der Waals surface area (Å²) in [7, 11) is 1.67. The molecule has 3 aliphatic heterocycles. The lowest BCUT2D eigenvalue weighted by atomic mass is 9.84. The van der Waals surface area contributed by atoms with Crippen molar-refractivity contribution in [1.82, 2.24) is 30.2 Å². The Morgan fingerprint density at radius 2 is 1.73 bits per heavy atom. The van der Waals surface area contributed by atoms with Crippen LogP contribution in [0.25, 0.3) is 33.3 Å². The van der Waals surface area contributed by atoms with Crippen LogP contribution in [-0.4, -0.2) is 119 Å². The van der Waals surface area contributed by atoms with E-state index in [4.69, 9.17) is 19.2 Å². The van der Waals surface area contributed by atoms with Gasteiger partial charge in [0.2, 0.25) is 0 Å². The largest absolute Gasteiger partial charge is 0.480 e. The molecule has 3 saturated heterocycles. The molecule has 3 aliphatic rings. The van der Waals surface area contributed by atoms with Crippen molar-refractivity contribution in [1.29, 1.82) is 0 Å². The van der Waals surface area contributed by atoms with Crippen LogP contribution in [0.1, 0.15) is 122 Å². The third-order valence-electron chi connectivity index (χ3n) is 13.7. The Balaban J connectivity index is 1.36. The number of aliphatic carboxylic acids is 1. The first-order valence-corrected chi connectivity index (χ1v) is 24.7. The number of nitrogens with one attached hydrogen (secondary N) is 2. The van der Waals surface area contributed by atoms with Gasteiger partial charge < -0.3 is 34.1 Å². The van der Waals surface area contributed by atoms with E-state index in [1.165, 1.54) is 36.9 Å². The second kappa shape index (κ2) is 21.8. The van der Waals surface area contributed by atoms with Crippen LogP contribution in [0.15, 0.2) is 48.7 Å². The smallest absolute Gasteiger partial charge is 0.408 e. The van der Waals surface area contributed by atoms with Crippen LogP contribution in [0, 0.1) is 5.41 Å². The highest BCUT2D eigenvalue weighted by Crippen LogP contribution is 2.43. The second-order valence-corrected chi connectivity index (χ2v) is 20.9. The number of halogens is 2. The SMILES string of the molecule is CCn1c(-c2cc(N3CCN4CCCC[C@@H]4C3)cnc2[C@H](C)OC)c(CC(C)(C)COC(C)=O)c2cc(-c3cc(C[C@H](NC(=O)OC(C)(C)C)C(=O)N4CCC[C@@H](C(=O)O)N4)cc(C(F)F)c3)ccc21. The molecule has 17 heteroatoms. The van der Waals surface area contributed by atoms with Crippen molar-refractivity contribution in [3.8, 4) is 22.4 Å². The summed E-state index contributed by atoms with van der Waals surface area (Å²) in [6.07, 6.45) is 2.44. The molecule has 0 saturated carbocycles. The van der Waals surface area contributed by atoms with E-state index < -0.39 is 47.5 Å². The van der Waals surface area contributed by atoms with E-state index in [0.29, 0.717) is 48.5 Å². The summed E-state index contributed by atoms with van der Waals surface area (Å²) in [5.41, 5.74) is 8.05. The van der Waals surface area contributed by atoms with Gasteiger partial charge in [0.25, 0.3) is 12.3 Å². The fourth-order valence-electron chi connectivity index (χ4n) is 10.2. The Morgan fingerprint density at radius 3 is 2.41 bits per heavy atom. The number of hydrogen-bond acceptors (Lipinski definition) is 11. The van der Waals surface area contributed by atoms with Gasteiger partial charge in [-0.3, -0.25) is 29.3 Å². The summed E-state index contributed by atoms with van der Waals surface area (Å²) in [5.74, 6) is -2.14. The number of carbonyl (C=O) groups is 4. The monoisotopic (exact) mass is 972 g/mol. The van der Waals surface area contributed by atoms with Gasteiger partial charge in [0.15, 0.2) is 0 Å². The van der Waals surface area contributed by atoms with Gasteiger partial charge in [0.1, 0.15) is 17.7 Å². The summed E-state index contributed by atoms with van der Waals surface area (Å²) in [4.78, 5) is 61.6. The molecule has 4 aromatic rings. The number of carbonyl (C=O) groups excluding carboxylic acids is 3. The number of benzene rings is 2. The molecule has 0 radical (unpaired) electrons. The van der Waals surface area contributed by atoms with Crippen molar-refractivity contribution in [3.63, 3.8) is 0 Å². The molecule has 0 aliphatic carbocycles. The maximum absolute atomic E-state index is 15.0. The lowest BCUT2D eigenvalue weighted by Gasteiger charge is -2.45. The number of piperazine rings is 1. The molecule has 3 fully saturated rings. The number of aromatic nitrogens is 2. The Morgan fingerprint density at radius 1 is 0.957 bits per heavy atom. The van der Waals surface area contributed by atoms with Crippen molar-refractivity contribution >= 4 is 40.5 Å². The van der Waals surface area contributed by atoms with E-state index in [0.717, 1.165) is 71.7 Å². The van der Waals surface area contributed by atoms with E-state index in [-0.39, 0.29) is 37.2 Å². The predicted octanol–water partition coefficient (Wildman–Crippen LogP) is 8.86. The number of carboxylic acid groups (broad SMARTS) is 1. The Labute approximate surface area is 410 Å². The van der Waals surface area contributed by atoms with Crippen LogP contribution >= 0.6 is 0 Å². The minimum absolute atomic E-state index is 0.159. The molecule has 0 unspecified atom stereocenters. The maximum atomic E-state index is 15.0. The van der Waals surface area contributed by atoms with Crippen LogP contribution in [-0.2, 0) is 48.0 Å². The maximum Gasteiger partial charge on any atom is 0.408 e. The molecule has 3 N–H and O–H groups in total. The molecule has 380 valence electrons. The number of methoxy groups -OCH3 is 1. The summed E-state index contributed by atoms with van der Waals surface area (Å²) < 4.78 is 49.3. The first kappa shape index (κ1) is 52.2. The van der Waals surface area contributed by atoms with Gasteiger partial charge in [-0.05, 0) is 120 Å². The number of alkyl carbamates (subject to hydrolysis) is 1. The Hall–Kier alpha value is -5.65. The third-order valence-corrected chi connectivity index (χ3v) is 13.7. The first-order valence-electron chi connectivity index (χ1n) is 24.7. The van der Waals surface area contributed by atoms with Crippen molar-refractivity contribution in [2.75, 3.05) is 51.3 Å². The number of anilines is 1. The van der Waals surface area contributed by atoms with Crippen LogP contribution in [0.4, 0.5) is 19.3 Å². The second-order valence-electron chi connectivity index (χ2n) is 20.9. The van der Waals surface area contributed by atoms with Crippen molar-refractivity contribution in [2.24, 2.45) is 5.41 Å². The van der Waals surface area contributed by atoms with Crippen LogP contribution < -0.4 is 15.6 Å². The fraction of sp³-hybridized carbons (Fsp3) is 0.566. The third kappa shape index (κ3) is 12.3. The number of amides is 2. The van der Waals surface area contributed by atoms with Gasteiger partial charge in [-0.15, -0.1) is 0 Å². The van der Waals surface area contributed by atoms with Crippen LogP contribution in [0.2, 0.25) is 0 Å². The van der Waals surface area contributed by atoms with Gasteiger partial charge in [-0.25, -0.2) is 19.0 Å². The summed E-state index contributed by atoms with van der Waals surface area (Å²) in [6, 6.07) is 10.8. The summed E-state index contributed by atoms with van der Waals surface area (Å²) >= 11 is 0. The highest BCUT2D eigenvalue weighted by molar-refractivity contribution is 5.96. The van der Waals surface area contributed by atoms with Gasteiger partial charge in [0, 0.05) is 86.7 Å². The van der Waals surface area contributed by atoms with E-state index in [2.05, 4.69) is 51.9 Å². The number of pyridine rings is 1. The topological polar surface area (TPSA) is 168 Å². The number of piperidine rings is 1. The normalized spacial score (nSPS) is 18.9. The number of aryl methyl sites for hydroxylation is 1. The molecule has 0 spiro atoms. The average molecular weight is 972 g/mol.